The van der Waals surface area contributed by atoms with Crippen molar-refractivity contribution >= 4 is 0 Å². The maximum absolute atomic E-state index is 5.71. The Morgan fingerprint density at radius 1 is 1.33 bits per heavy atom. The van der Waals surface area contributed by atoms with Gasteiger partial charge in [-0.05, 0) is 24.6 Å². The van der Waals surface area contributed by atoms with Crippen LogP contribution in [0.1, 0.15) is 23.2 Å². The van der Waals surface area contributed by atoms with Crippen LogP contribution in [0.25, 0.3) is 0 Å². The van der Waals surface area contributed by atoms with Crippen LogP contribution >= 0.6 is 0 Å². The normalized spacial score (nSPS) is 18.2. The highest BCUT2D eigenvalue weighted by molar-refractivity contribution is 5.36. The number of nitrogens with two attached hydrogens (primary N) is 1. The van der Waals surface area contributed by atoms with E-state index in [1.807, 2.05) is 18.2 Å². The summed E-state index contributed by atoms with van der Waals surface area (Å²) in [5.41, 5.74) is 6.65. The lowest BCUT2D eigenvalue weighted by Crippen LogP contribution is -2.19. The first kappa shape index (κ1) is 11.2. The van der Waals surface area contributed by atoms with Crippen LogP contribution < -0.4 is 10.5 Å². The summed E-state index contributed by atoms with van der Waals surface area (Å²) in [6.45, 7) is 1.12. The predicted molar refractivity (Wildman–Crippen MR) is 65.4 cm³/mol. The minimum Gasteiger partial charge on any atom is -0.492 e. The number of ether oxygens (including phenoxy) is 1. The van der Waals surface area contributed by atoms with Crippen molar-refractivity contribution in [1.29, 1.82) is 0 Å². The molecule has 18 heavy (non-hydrogen) atoms. The molecule has 1 aliphatic rings. The molecular formula is C13H15N3O2. The van der Waals surface area contributed by atoms with E-state index in [2.05, 4.69) is 16.2 Å². The summed E-state index contributed by atoms with van der Waals surface area (Å²) in [6, 6.07) is 8.04. The molecule has 2 heterocycles. The molecule has 2 N–H and O–H groups in total. The molecule has 5 heteroatoms. The topological polar surface area (TPSA) is 74.2 Å². The lowest BCUT2D eigenvalue weighted by molar-refractivity contribution is 0.230. The van der Waals surface area contributed by atoms with E-state index in [0.717, 1.165) is 12.2 Å². The molecule has 0 aliphatic carbocycles. The zero-order chi connectivity index (χ0) is 12.4. The summed E-state index contributed by atoms with van der Waals surface area (Å²) in [6.07, 6.45) is 1.52. The number of fused-ring (bicyclic) bond motifs is 1. The number of benzene rings is 1. The molecule has 3 rings (SSSR count). The third-order valence-corrected chi connectivity index (χ3v) is 3.08. The summed E-state index contributed by atoms with van der Waals surface area (Å²) < 4.78 is 11.0. The zero-order valence-corrected chi connectivity index (χ0v) is 10.0. The van der Waals surface area contributed by atoms with Crippen molar-refractivity contribution in [2.45, 2.75) is 18.8 Å². The van der Waals surface area contributed by atoms with E-state index in [0.29, 0.717) is 31.3 Å². The molecule has 0 saturated carbocycles. The monoisotopic (exact) mass is 245 g/mol. The summed E-state index contributed by atoms with van der Waals surface area (Å²) >= 11 is 0. The Bertz CT molecular complexity index is 539. The maximum atomic E-state index is 5.71. The molecule has 0 spiro atoms. The molecule has 0 bridgehead atoms. The second kappa shape index (κ2) is 4.78. The van der Waals surface area contributed by atoms with E-state index in [1.54, 1.807) is 0 Å². The van der Waals surface area contributed by atoms with Gasteiger partial charge in [-0.3, -0.25) is 0 Å². The molecule has 2 aromatic rings. The highest BCUT2D eigenvalue weighted by atomic mass is 16.5. The Kier molecular flexibility index (Phi) is 2.98. The van der Waals surface area contributed by atoms with Crippen molar-refractivity contribution in [3.05, 3.63) is 41.5 Å². The summed E-state index contributed by atoms with van der Waals surface area (Å²) in [4.78, 5) is 4.36. The minimum absolute atomic E-state index is 0.138. The van der Waals surface area contributed by atoms with Crippen LogP contribution in [0.4, 0.5) is 0 Å². The Balaban J connectivity index is 1.78. The van der Waals surface area contributed by atoms with Gasteiger partial charge < -0.3 is 15.0 Å². The number of aromatic nitrogens is 2. The second-order valence-electron chi connectivity index (χ2n) is 4.41. The van der Waals surface area contributed by atoms with Gasteiger partial charge >= 0.3 is 0 Å². The molecule has 0 amide bonds. The summed E-state index contributed by atoms with van der Waals surface area (Å²) in [5.74, 6) is 2.41. The van der Waals surface area contributed by atoms with Gasteiger partial charge in [0, 0.05) is 6.42 Å². The number of para-hydroxylation sites is 1. The maximum Gasteiger partial charge on any atom is 0.233 e. The van der Waals surface area contributed by atoms with Crippen LogP contribution in [0, 0.1) is 0 Å². The standard InChI is InChI=1S/C13H15N3O2/c14-6-5-12-15-13(18-16-12)10-7-9-3-1-2-4-11(9)17-8-10/h1-4,10H,5-8,14H2. The van der Waals surface area contributed by atoms with E-state index in [1.165, 1.54) is 5.56 Å². The summed E-state index contributed by atoms with van der Waals surface area (Å²) in [7, 11) is 0. The first-order valence-corrected chi connectivity index (χ1v) is 6.10. The molecular weight excluding hydrogens is 230 g/mol. The number of hydrogen-bond donors (Lipinski definition) is 1. The molecule has 1 aliphatic heterocycles. The van der Waals surface area contributed by atoms with Gasteiger partial charge in [-0.2, -0.15) is 4.98 Å². The van der Waals surface area contributed by atoms with Gasteiger partial charge in [-0.15, -0.1) is 0 Å². The van der Waals surface area contributed by atoms with Gasteiger partial charge in [0.15, 0.2) is 5.82 Å². The van der Waals surface area contributed by atoms with Crippen LogP contribution in [0.2, 0.25) is 0 Å². The van der Waals surface area contributed by atoms with Gasteiger partial charge in [0.1, 0.15) is 12.4 Å². The Morgan fingerprint density at radius 2 is 2.22 bits per heavy atom. The van der Waals surface area contributed by atoms with Crippen LogP contribution in [-0.2, 0) is 12.8 Å². The van der Waals surface area contributed by atoms with E-state index in [9.17, 15) is 0 Å². The van der Waals surface area contributed by atoms with Gasteiger partial charge in [-0.25, -0.2) is 0 Å². The average molecular weight is 245 g/mol. The molecule has 1 aromatic carbocycles. The van der Waals surface area contributed by atoms with Crippen LogP contribution in [-0.4, -0.2) is 23.3 Å². The van der Waals surface area contributed by atoms with Gasteiger partial charge in [0.2, 0.25) is 5.89 Å². The van der Waals surface area contributed by atoms with Crippen molar-refractivity contribution in [1.82, 2.24) is 10.1 Å². The zero-order valence-electron chi connectivity index (χ0n) is 10.0. The van der Waals surface area contributed by atoms with Crippen molar-refractivity contribution in [2.75, 3.05) is 13.2 Å². The van der Waals surface area contributed by atoms with Gasteiger partial charge in [0.25, 0.3) is 0 Å². The third-order valence-electron chi connectivity index (χ3n) is 3.08. The predicted octanol–water partition coefficient (Wildman–Crippen LogP) is 1.29. The largest absolute Gasteiger partial charge is 0.492 e. The van der Waals surface area contributed by atoms with E-state index < -0.39 is 0 Å². The number of nitrogens with zero attached hydrogens (tertiary/aromatic N) is 2. The Hall–Kier alpha value is -1.88. The quantitative estimate of drug-likeness (QED) is 0.882. The lowest BCUT2D eigenvalue weighted by atomic mass is 9.97. The highest BCUT2D eigenvalue weighted by Crippen LogP contribution is 2.31. The van der Waals surface area contributed by atoms with Crippen molar-refractivity contribution in [3.8, 4) is 5.75 Å². The van der Waals surface area contributed by atoms with Crippen molar-refractivity contribution < 1.29 is 9.26 Å². The number of hydrogen-bond acceptors (Lipinski definition) is 5. The fourth-order valence-electron chi connectivity index (χ4n) is 2.15. The van der Waals surface area contributed by atoms with Crippen LogP contribution in [0.5, 0.6) is 5.75 Å². The first-order valence-electron chi connectivity index (χ1n) is 6.10. The molecule has 1 atom stereocenters. The van der Waals surface area contributed by atoms with E-state index >= 15 is 0 Å². The third kappa shape index (κ3) is 2.09. The molecule has 1 unspecified atom stereocenters. The fourth-order valence-corrected chi connectivity index (χ4v) is 2.15. The molecule has 0 radical (unpaired) electrons. The van der Waals surface area contributed by atoms with Gasteiger partial charge in [-0.1, -0.05) is 23.4 Å². The van der Waals surface area contributed by atoms with E-state index in [4.69, 9.17) is 15.0 Å². The molecule has 94 valence electrons. The molecule has 0 saturated heterocycles. The average Bonchev–Trinajstić information content (AvgIpc) is 2.87. The van der Waals surface area contributed by atoms with Crippen LogP contribution in [0.15, 0.2) is 28.8 Å². The molecule has 1 aromatic heterocycles. The molecule has 5 nitrogen and oxygen atoms in total. The smallest absolute Gasteiger partial charge is 0.233 e. The Labute approximate surface area is 105 Å². The SMILES string of the molecule is NCCc1noc(C2COc3ccccc3C2)n1. The minimum atomic E-state index is 0.138. The summed E-state index contributed by atoms with van der Waals surface area (Å²) in [5, 5.41) is 3.92. The Morgan fingerprint density at radius 3 is 3.11 bits per heavy atom. The number of rotatable bonds is 3. The molecule has 0 fully saturated rings. The van der Waals surface area contributed by atoms with Crippen molar-refractivity contribution in [3.63, 3.8) is 0 Å². The van der Waals surface area contributed by atoms with Crippen molar-refractivity contribution in [2.24, 2.45) is 5.73 Å². The lowest BCUT2D eigenvalue weighted by Gasteiger charge is -2.22. The fraction of sp³-hybridized carbons (Fsp3) is 0.385. The highest BCUT2D eigenvalue weighted by Gasteiger charge is 2.25. The first-order chi connectivity index (χ1) is 8.86. The van der Waals surface area contributed by atoms with Gasteiger partial charge in [0.05, 0.1) is 5.92 Å². The second-order valence-corrected chi connectivity index (χ2v) is 4.41. The van der Waals surface area contributed by atoms with E-state index in [-0.39, 0.29) is 5.92 Å². The van der Waals surface area contributed by atoms with Crippen LogP contribution in [0.3, 0.4) is 0 Å².